The smallest absolute Gasteiger partial charge is 0.320 e. The molecule has 0 unspecified atom stereocenters. The average molecular weight is 1240 g/mol. The Bertz CT molecular complexity index is 2060. The fourth-order valence-corrected chi connectivity index (χ4v) is 8.76. The zero-order valence-corrected chi connectivity index (χ0v) is 54.2. The summed E-state index contributed by atoms with van der Waals surface area (Å²) in [7, 11) is 0. The second-order valence-electron chi connectivity index (χ2n) is 25.2. The van der Waals surface area contributed by atoms with E-state index in [1.807, 2.05) is 19.6 Å². The second kappa shape index (κ2) is 43.1. The third-order valence-electron chi connectivity index (χ3n) is 13.4. The Balaban J connectivity index is 2.44. The van der Waals surface area contributed by atoms with Gasteiger partial charge in [-0.3, -0.25) is 83.2 Å². The number of amides is 7. The largest absolute Gasteiger partial charge is 0.459 e. The maximum atomic E-state index is 13.4. The predicted octanol–water partition coefficient (Wildman–Crippen LogP) is 1.94. The van der Waals surface area contributed by atoms with Gasteiger partial charge in [-0.2, -0.15) is 0 Å². The highest BCUT2D eigenvalue weighted by Crippen LogP contribution is 2.13. The van der Waals surface area contributed by atoms with Crippen LogP contribution in [-0.2, 0) is 62.2 Å². The number of carbonyl (C=O) groups excluding carboxylic acids is 10. The average Bonchev–Trinajstić information content (AvgIpc) is 3.63. The molecule has 0 spiro atoms. The van der Waals surface area contributed by atoms with Gasteiger partial charge in [0.2, 0.25) is 41.4 Å². The van der Waals surface area contributed by atoms with Crippen LogP contribution in [0.3, 0.4) is 0 Å². The number of ether oxygens (including phenoxy) is 3. The zero-order chi connectivity index (χ0) is 65.6. The number of nitrogens with one attached hydrogen (secondary N) is 4. The molecule has 87 heavy (non-hydrogen) atoms. The molecular formula is C59H110N12O16. The molecule has 0 radical (unpaired) electrons. The summed E-state index contributed by atoms with van der Waals surface area (Å²) >= 11 is 0. The van der Waals surface area contributed by atoms with Gasteiger partial charge in [0.1, 0.15) is 16.8 Å². The van der Waals surface area contributed by atoms with E-state index >= 15 is 0 Å². The van der Waals surface area contributed by atoms with Gasteiger partial charge in [-0.25, -0.2) is 15.2 Å². The SMILES string of the molecule is CC(=O)N(O)CCCCCNC(=O)CCC(=O)N(O)CCCCCNC(=O)CCC(=O)N(O)CCCCCNC(=O)[C@@H](N)CCCCNC(=O)CN1CCN(CC(=O)OC(C)(C)C)CCN(CC(=O)OC(C)(C)C)CCN(CC(=O)OC(C)(C)C)CC1. The molecule has 1 aliphatic rings. The van der Waals surface area contributed by atoms with Gasteiger partial charge < -0.3 is 41.2 Å². The molecule has 9 N–H and O–H groups in total. The molecule has 1 rings (SSSR count). The number of hydroxylamine groups is 6. The second-order valence-corrected chi connectivity index (χ2v) is 25.2. The first-order chi connectivity index (χ1) is 40.7. The molecule has 0 aromatic rings. The van der Waals surface area contributed by atoms with Crippen molar-refractivity contribution in [1.82, 2.24) is 56.1 Å². The van der Waals surface area contributed by atoms with E-state index < -0.39 is 52.5 Å². The van der Waals surface area contributed by atoms with Crippen LogP contribution in [0.25, 0.3) is 0 Å². The summed E-state index contributed by atoms with van der Waals surface area (Å²) in [6.45, 7) is 22.6. The number of hydrogen-bond acceptors (Lipinski definition) is 21. The topological polar surface area (TPSA) is 356 Å². The van der Waals surface area contributed by atoms with Gasteiger partial charge >= 0.3 is 17.9 Å². The number of esters is 3. The molecule has 1 saturated heterocycles. The quantitative estimate of drug-likeness (QED) is 0.0144. The Hall–Kier alpha value is -5.62. The Morgan fingerprint density at radius 1 is 0.414 bits per heavy atom. The summed E-state index contributed by atoms with van der Waals surface area (Å²) in [5, 5.41) is 42.6. The molecular weight excluding hydrogens is 1130 g/mol. The first kappa shape index (κ1) is 79.4. The van der Waals surface area contributed by atoms with Gasteiger partial charge in [0.05, 0.1) is 32.2 Å². The first-order valence-corrected chi connectivity index (χ1v) is 31.1. The Labute approximate surface area is 516 Å². The van der Waals surface area contributed by atoms with Crippen molar-refractivity contribution >= 4 is 59.3 Å². The lowest BCUT2D eigenvalue weighted by atomic mass is 10.1. The van der Waals surface area contributed by atoms with Crippen molar-refractivity contribution in [3.05, 3.63) is 0 Å². The lowest BCUT2D eigenvalue weighted by Crippen LogP contribution is -2.50. The molecule has 0 aliphatic carbocycles. The van der Waals surface area contributed by atoms with Crippen LogP contribution >= 0.6 is 0 Å². The van der Waals surface area contributed by atoms with Gasteiger partial charge in [0.15, 0.2) is 0 Å². The molecule has 28 heteroatoms. The maximum absolute atomic E-state index is 13.4. The molecule has 1 aliphatic heterocycles. The van der Waals surface area contributed by atoms with E-state index in [1.165, 1.54) is 6.92 Å². The molecule has 0 aromatic carbocycles. The van der Waals surface area contributed by atoms with Gasteiger partial charge in [0, 0.05) is 131 Å². The highest BCUT2D eigenvalue weighted by Gasteiger charge is 2.27. The lowest BCUT2D eigenvalue weighted by Gasteiger charge is -2.34. The van der Waals surface area contributed by atoms with E-state index in [0.717, 1.165) is 0 Å². The summed E-state index contributed by atoms with van der Waals surface area (Å²) in [4.78, 5) is 133. The molecule has 0 bridgehead atoms. The number of carbonyl (C=O) groups is 10. The molecule has 1 heterocycles. The van der Waals surface area contributed by atoms with Crippen LogP contribution in [0.1, 0.15) is 172 Å². The summed E-state index contributed by atoms with van der Waals surface area (Å²) in [6.07, 6.45) is 6.17. The van der Waals surface area contributed by atoms with Crippen LogP contribution in [-0.4, -0.2) is 257 Å². The number of nitrogens with zero attached hydrogens (tertiary/aromatic N) is 7. The molecule has 7 amide bonds. The fraction of sp³-hybridized carbons (Fsp3) is 0.831. The molecule has 0 saturated carbocycles. The van der Waals surface area contributed by atoms with Crippen molar-refractivity contribution in [2.45, 2.75) is 195 Å². The van der Waals surface area contributed by atoms with Crippen molar-refractivity contribution < 1.29 is 77.8 Å². The van der Waals surface area contributed by atoms with Crippen LogP contribution in [0.5, 0.6) is 0 Å². The van der Waals surface area contributed by atoms with Gasteiger partial charge in [-0.15, -0.1) is 0 Å². The van der Waals surface area contributed by atoms with Crippen LogP contribution < -0.4 is 27.0 Å². The van der Waals surface area contributed by atoms with Crippen LogP contribution in [0, 0.1) is 0 Å². The zero-order valence-electron chi connectivity index (χ0n) is 54.2. The summed E-state index contributed by atoms with van der Waals surface area (Å²) in [5.41, 5.74) is 4.13. The van der Waals surface area contributed by atoms with Crippen molar-refractivity contribution in [3.8, 4) is 0 Å². The highest BCUT2D eigenvalue weighted by molar-refractivity contribution is 5.84. The highest BCUT2D eigenvalue weighted by atomic mass is 16.6. The monoisotopic (exact) mass is 1240 g/mol. The van der Waals surface area contributed by atoms with Gasteiger partial charge in [0.25, 0.3) is 0 Å². The molecule has 1 fully saturated rings. The maximum Gasteiger partial charge on any atom is 0.320 e. The van der Waals surface area contributed by atoms with E-state index in [2.05, 4.69) is 21.3 Å². The van der Waals surface area contributed by atoms with Gasteiger partial charge in [-0.1, -0.05) is 0 Å². The lowest BCUT2D eigenvalue weighted by molar-refractivity contribution is -0.166. The van der Waals surface area contributed by atoms with E-state index in [-0.39, 0.29) is 101 Å². The number of rotatable bonds is 38. The first-order valence-electron chi connectivity index (χ1n) is 31.1. The van der Waals surface area contributed by atoms with Crippen molar-refractivity contribution in [3.63, 3.8) is 0 Å². The Kier molecular flexibility index (Phi) is 39.3. The van der Waals surface area contributed by atoms with Crippen LogP contribution in [0.4, 0.5) is 0 Å². The Morgan fingerprint density at radius 2 is 0.713 bits per heavy atom. The predicted molar refractivity (Wildman–Crippen MR) is 323 cm³/mol. The van der Waals surface area contributed by atoms with Crippen LogP contribution in [0.2, 0.25) is 0 Å². The standard InChI is InChI=1S/C59H110N12O16/c1-46(72)69(82)31-19-11-15-27-61-48(73)23-25-51(76)70(83)32-20-12-16-28-62-49(74)24-26-52(77)71(84)33-21-13-17-30-64-56(81)47(60)22-14-18-29-63-50(75)42-65-34-36-66(43-53(78)85-57(2,3)4)38-40-68(45-55(80)87-59(8,9)10)41-39-67(37-35-65)44-54(79)86-58(5,6)7/h47,82-84H,11-45,60H2,1-10H3,(H,61,73)(H,62,74)(H,63,75)(H,64,81)/t47-/m0/s1. The van der Waals surface area contributed by atoms with Crippen molar-refractivity contribution in [1.29, 1.82) is 0 Å². The van der Waals surface area contributed by atoms with E-state index in [9.17, 15) is 63.6 Å². The van der Waals surface area contributed by atoms with Gasteiger partial charge in [-0.05, 0) is 139 Å². The summed E-state index contributed by atoms with van der Waals surface area (Å²) in [5.74, 6) is -4.00. The van der Waals surface area contributed by atoms with Crippen LogP contribution in [0.15, 0.2) is 0 Å². The summed E-state index contributed by atoms with van der Waals surface area (Å²) < 4.78 is 16.9. The third-order valence-corrected chi connectivity index (χ3v) is 13.4. The minimum absolute atomic E-state index is 0.00694. The molecule has 0 aromatic heterocycles. The molecule has 28 nitrogen and oxygen atoms in total. The minimum atomic E-state index is -0.757. The number of unbranched alkanes of at least 4 members (excludes halogenated alkanes) is 7. The van der Waals surface area contributed by atoms with Crippen molar-refractivity contribution in [2.75, 3.05) is 124 Å². The Morgan fingerprint density at radius 3 is 1.05 bits per heavy atom. The van der Waals surface area contributed by atoms with Crippen molar-refractivity contribution in [2.24, 2.45) is 5.73 Å². The van der Waals surface area contributed by atoms with E-state index in [4.69, 9.17) is 19.9 Å². The number of hydrogen-bond donors (Lipinski definition) is 8. The van der Waals surface area contributed by atoms with E-state index in [1.54, 1.807) is 62.3 Å². The molecule has 502 valence electrons. The fourth-order valence-electron chi connectivity index (χ4n) is 8.76. The minimum Gasteiger partial charge on any atom is -0.459 e. The third kappa shape index (κ3) is 43.6. The summed E-state index contributed by atoms with van der Waals surface area (Å²) in [6, 6.07) is -0.757. The molecule has 1 atom stereocenters. The van der Waals surface area contributed by atoms with E-state index in [0.29, 0.717) is 171 Å². The normalized spacial score (nSPS) is 14.7. The number of nitrogens with two attached hydrogens (primary N) is 1.